The summed E-state index contributed by atoms with van der Waals surface area (Å²) < 4.78 is 11.6. The smallest absolute Gasteiger partial charge is 0.339 e. The van der Waals surface area contributed by atoms with E-state index in [0.29, 0.717) is 10.8 Å². The lowest BCUT2D eigenvalue weighted by atomic mass is 10.1. The summed E-state index contributed by atoms with van der Waals surface area (Å²) in [6, 6.07) is 12.4. The van der Waals surface area contributed by atoms with Gasteiger partial charge in [-0.15, -0.1) is 11.3 Å². The van der Waals surface area contributed by atoms with Crippen LogP contribution in [0, 0.1) is 0 Å². The lowest BCUT2D eigenvalue weighted by Crippen LogP contribution is -2.16. The van der Waals surface area contributed by atoms with Gasteiger partial charge < -0.3 is 9.47 Å². The first-order chi connectivity index (χ1) is 12.5. The van der Waals surface area contributed by atoms with Crippen molar-refractivity contribution in [3.8, 4) is 0 Å². The van der Waals surface area contributed by atoms with Crippen LogP contribution in [0.25, 0.3) is 20.2 Å². The van der Waals surface area contributed by atoms with Gasteiger partial charge in [-0.25, -0.2) is 9.59 Å². The molecule has 0 fully saturated rings. The van der Waals surface area contributed by atoms with Crippen molar-refractivity contribution in [2.24, 2.45) is 0 Å². The van der Waals surface area contributed by atoms with Crippen molar-refractivity contribution >= 4 is 43.4 Å². The van der Waals surface area contributed by atoms with Gasteiger partial charge in [-0.1, -0.05) is 24.8 Å². The standard InChI is InChI=1S/C20H16O5S/c1-12(2)19(22)24-10-11-25-20(23)14-7-5-9-16-17(14)18(21)13-6-3-4-8-15(13)26-16/h3-9H,1,10-11H2,2H3. The molecule has 0 saturated heterocycles. The molecule has 2 aromatic carbocycles. The van der Waals surface area contributed by atoms with Crippen LogP contribution in [-0.2, 0) is 14.3 Å². The van der Waals surface area contributed by atoms with E-state index in [9.17, 15) is 14.4 Å². The van der Waals surface area contributed by atoms with Crippen LogP contribution >= 0.6 is 11.3 Å². The summed E-state index contributed by atoms with van der Waals surface area (Å²) in [6.07, 6.45) is 0. The Morgan fingerprint density at radius 1 is 1.00 bits per heavy atom. The summed E-state index contributed by atoms with van der Waals surface area (Å²) in [4.78, 5) is 36.5. The molecule has 0 atom stereocenters. The molecular formula is C20H16O5S. The number of hydrogen-bond acceptors (Lipinski definition) is 6. The highest BCUT2D eigenvalue weighted by Crippen LogP contribution is 2.26. The Labute approximate surface area is 153 Å². The summed E-state index contributed by atoms with van der Waals surface area (Å²) in [5.74, 6) is -1.16. The Kier molecular flexibility index (Phi) is 5.14. The summed E-state index contributed by atoms with van der Waals surface area (Å²) in [6.45, 7) is 4.83. The number of carbonyl (C=O) groups is 2. The van der Waals surface area contributed by atoms with Gasteiger partial charge in [0.25, 0.3) is 0 Å². The van der Waals surface area contributed by atoms with E-state index < -0.39 is 11.9 Å². The fourth-order valence-corrected chi connectivity index (χ4v) is 3.59. The maximum absolute atomic E-state index is 12.8. The second kappa shape index (κ2) is 7.49. The molecule has 0 N–H and O–H groups in total. The molecule has 0 spiro atoms. The van der Waals surface area contributed by atoms with Gasteiger partial charge in [0.05, 0.1) is 10.9 Å². The Bertz CT molecular complexity index is 1080. The van der Waals surface area contributed by atoms with E-state index in [1.165, 1.54) is 18.3 Å². The van der Waals surface area contributed by atoms with Crippen molar-refractivity contribution in [3.05, 3.63) is 70.4 Å². The van der Waals surface area contributed by atoms with Crippen LogP contribution in [0.1, 0.15) is 17.3 Å². The number of carbonyl (C=O) groups excluding carboxylic acids is 2. The van der Waals surface area contributed by atoms with Gasteiger partial charge >= 0.3 is 11.9 Å². The van der Waals surface area contributed by atoms with E-state index in [1.807, 2.05) is 12.1 Å². The van der Waals surface area contributed by atoms with Crippen LogP contribution in [-0.4, -0.2) is 25.2 Å². The highest BCUT2D eigenvalue weighted by Gasteiger charge is 2.16. The third kappa shape index (κ3) is 3.50. The molecule has 0 unspecified atom stereocenters. The van der Waals surface area contributed by atoms with Crippen molar-refractivity contribution in [1.29, 1.82) is 0 Å². The van der Waals surface area contributed by atoms with Crippen molar-refractivity contribution < 1.29 is 19.1 Å². The Morgan fingerprint density at radius 3 is 2.46 bits per heavy atom. The van der Waals surface area contributed by atoms with E-state index >= 15 is 0 Å². The lowest BCUT2D eigenvalue weighted by Gasteiger charge is -2.08. The minimum atomic E-state index is -0.624. The molecule has 3 rings (SSSR count). The fraction of sp³-hybridized carbons (Fsp3) is 0.150. The van der Waals surface area contributed by atoms with Crippen LogP contribution < -0.4 is 5.43 Å². The molecule has 0 radical (unpaired) electrons. The van der Waals surface area contributed by atoms with Crippen molar-refractivity contribution in [2.75, 3.05) is 13.2 Å². The lowest BCUT2D eigenvalue weighted by molar-refractivity contribution is -0.140. The largest absolute Gasteiger partial charge is 0.459 e. The molecule has 1 heterocycles. The zero-order valence-corrected chi connectivity index (χ0v) is 14.9. The Balaban J connectivity index is 1.87. The average Bonchev–Trinajstić information content (AvgIpc) is 2.64. The first kappa shape index (κ1) is 17.8. The van der Waals surface area contributed by atoms with Crippen LogP contribution in [0.15, 0.2) is 59.4 Å². The van der Waals surface area contributed by atoms with Crippen molar-refractivity contribution in [1.82, 2.24) is 0 Å². The molecule has 26 heavy (non-hydrogen) atoms. The molecule has 0 aliphatic rings. The van der Waals surface area contributed by atoms with E-state index in [-0.39, 0.29) is 29.8 Å². The fourth-order valence-electron chi connectivity index (χ4n) is 2.49. The number of ether oxygens (including phenoxy) is 2. The zero-order valence-electron chi connectivity index (χ0n) is 14.1. The number of rotatable bonds is 5. The van der Waals surface area contributed by atoms with Gasteiger partial charge in [-0.2, -0.15) is 0 Å². The van der Waals surface area contributed by atoms with E-state index in [0.717, 1.165) is 9.40 Å². The average molecular weight is 368 g/mol. The SMILES string of the molecule is C=C(C)C(=O)OCCOC(=O)c1cccc2sc3ccccc3c(=O)c12. The minimum Gasteiger partial charge on any atom is -0.459 e. The van der Waals surface area contributed by atoms with E-state index in [2.05, 4.69) is 6.58 Å². The first-order valence-corrected chi connectivity index (χ1v) is 8.75. The van der Waals surface area contributed by atoms with Gasteiger partial charge in [0, 0.05) is 20.4 Å². The highest BCUT2D eigenvalue weighted by atomic mass is 32.1. The highest BCUT2D eigenvalue weighted by molar-refractivity contribution is 7.24. The molecule has 3 aromatic rings. The molecule has 0 saturated carbocycles. The Morgan fingerprint density at radius 2 is 1.69 bits per heavy atom. The molecule has 132 valence electrons. The van der Waals surface area contributed by atoms with Crippen molar-refractivity contribution in [3.63, 3.8) is 0 Å². The third-order valence-corrected chi connectivity index (χ3v) is 4.86. The third-order valence-electron chi connectivity index (χ3n) is 3.72. The topological polar surface area (TPSA) is 69.7 Å². The van der Waals surface area contributed by atoms with Gasteiger partial charge in [-0.05, 0) is 31.2 Å². The molecule has 0 aliphatic carbocycles. The molecule has 0 bridgehead atoms. The van der Waals surface area contributed by atoms with Crippen LogP contribution in [0.5, 0.6) is 0 Å². The molecule has 6 heteroatoms. The first-order valence-electron chi connectivity index (χ1n) is 7.93. The summed E-state index contributed by atoms with van der Waals surface area (Å²) in [5.41, 5.74) is 0.283. The number of benzene rings is 2. The predicted octanol–water partition coefficient (Wildman–Crippen LogP) is 3.69. The monoisotopic (exact) mass is 368 g/mol. The molecular weight excluding hydrogens is 352 g/mol. The van der Waals surface area contributed by atoms with Crippen LogP contribution in [0.4, 0.5) is 0 Å². The van der Waals surface area contributed by atoms with Crippen LogP contribution in [0.2, 0.25) is 0 Å². The van der Waals surface area contributed by atoms with E-state index in [1.54, 1.807) is 30.3 Å². The maximum Gasteiger partial charge on any atom is 0.339 e. The zero-order chi connectivity index (χ0) is 18.7. The number of hydrogen-bond donors (Lipinski definition) is 0. The normalized spacial score (nSPS) is 10.7. The summed E-state index contributed by atoms with van der Waals surface area (Å²) >= 11 is 1.45. The van der Waals surface area contributed by atoms with Gasteiger partial charge in [0.2, 0.25) is 0 Å². The molecule has 1 aromatic heterocycles. The van der Waals surface area contributed by atoms with Crippen molar-refractivity contribution in [2.45, 2.75) is 6.92 Å². The van der Waals surface area contributed by atoms with Gasteiger partial charge in [-0.3, -0.25) is 4.79 Å². The quantitative estimate of drug-likeness (QED) is 0.297. The summed E-state index contributed by atoms with van der Waals surface area (Å²) in [5, 5.41) is 0.917. The van der Waals surface area contributed by atoms with Gasteiger partial charge in [0.1, 0.15) is 13.2 Å². The van der Waals surface area contributed by atoms with E-state index in [4.69, 9.17) is 9.47 Å². The molecule has 0 aliphatic heterocycles. The predicted molar refractivity (Wildman–Crippen MR) is 102 cm³/mol. The summed E-state index contributed by atoms with van der Waals surface area (Å²) in [7, 11) is 0. The molecule has 5 nitrogen and oxygen atoms in total. The number of esters is 2. The molecule has 0 amide bonds. The maximum atomic E-state index is 12.8. The van der Waals surface area contributed by atoms with Crippen LogP contribution in [0.3, 0.4) is 0 Å². The second-order valence-corrected chi connectivity index (χ2v) is 6.74. The van der Waals surface area contributed by atoms with Gasteiger partial charge in [0.15, 0.2) is 5.43 Å². The second-order valence-electron chi connectivity index (χ2n) is 5.66. The number of fused-ring (bicyclic) bond motifs is 2. The Hall–Kier alpha value is -2.99. The minimum absolute atomic E-state index is 0.0714.